The van der Waals surface area contributed by atoms with Gasteiger partial charge in [-0.15, -0.1) is 0 Å². The molecule has 1 amide bonds. The summed E-state index contributed by atoms with van der Waals surface area (Å²) in [7, 11) is 1.50. The number of methoxy groups -OCH3 is 1. The minimum atomic E-state index is -0.458. The Bertz CT molecular complexity index is 1460. The van der Waals surface area contributed by atoms with Crippen molar-refractivity contribution in [1.29, 1.82) is 5.26 Å². The van der Waals surface area contributed by atoms with Gasteiger partial charge >= 0.3 is 0 Å². The summed E-state index contributed by atoms with van der Waals surface area (Å²) in [5, 5.41) is 13.5. The molecule has 1 heterocycles. The first kappa shape index (κ1) is 25.0. The van der Waals surface area contributed by atoms with E-state index in [0.29, 0.717) is 34.5 Å². The Morgan fingerprint density at radius 1 is 1.17 bits per heavy atom. The van der Waals surface area contributed by atoms with E-state index in [1.165, 1.54) is 25.3 Å². The smallest absolute Gasteiger partial charge is 0.261 e. The summed E-state index contributed by atoms with van der Waals surface area (Å²) < 4.78 is 25.0. The first-order valence-corrected chi connectivity index (χ1v) is 12.0. The van der Waals surface area contributed by atoms with Gasteiger partial charge in [-0.3, -0.25) is 4.79 Å². The van der Waals surface area contributed by atoms with Crippen molar-refractivity contribution in [3.05, 3.63) is 99.4 Å². The second kappa shape index (κ2) is 11.6. The second-order valence-electron chi connectivity index (χ2n) is 7.97. The number of hydrogen-bond donors (Lipinski definition) is 2. The van der Waals surface area contributed by atoms with E-state index < -0.39 is 5.91 Å². The molecule has 36 heavy (non-hydrogen) atoms. The number of para-hydroxylation sites is 1. The first-order chi connectivity index (χ1) is 17.5. The van der Waals surface area contributed by atoms with Gasteiger partial charge in [0.05, 0.1) is 7.11 Å². The van der Waals surface area contributed by atoms with Crippen molar-refractivity contribution in [2.24, 2.45) is 0 Å². The molecule has 6 nitrogen and oxygen atoms in total. The summed E-state index contributed by atoms with van der Waals surface area (Å²) in [5.74, 6) is 0.126. The van der Waals surface area contributed by atoms with Crippen molar-refractivity contribution in [2.45, 2.75) is 13.0 Å². The van der Waals surface area contributed by atoms with E-state index in [2.05, 4.69) is 26.2 Å². The SMILES string of the molecule is COc1cc(/C=C(/C#N)C(=O)NCCc2c[nH]c3ccccc23)c(Br)cc1OCc1ccc(F)cc1. The van der Waals surface area contributed by atoms with E-state index in [9.17, 15) is 14.4 Å². The summed E-state index contributed by atoms with van der Waals surface area (Å²) in [4.78, 5) is 15.9. The Balaban J connectivity index is 1.43. The lowest BCUT2D eigenvalue weighted by Crippen LogP contribution is -2.26. The second-order valence-corrected chi connectivity index (χ2v) is 8.83. The molecule has 0 fully saturated rings. The molecule has 0 saturated carbocycles. The molecule has 0 aliphatic carbocycles. The molecule has 0 radical (unpaired) electrons. The van der Waals surface area contributed by atoms with Crippen molar-refractivity contribution in [3.63, 3.8) is 0 Å². The van der Waals surface area contributed by atoms with Crippen LogP contribution in [0.2, 0.25) is 0 Å². The summed E-state index contributed by atoms with van der Waals surface area (Å²) in [6.45, 7) is 0.612. The number of carbonyl (C=O) groups excluding carboxylic acids is 1. The average Bonchev–Trinajstić information content (AvgIpc) is 3.30. The maximum atomic E-state index is 13.1. The molecule has 3 aromatic carbocycles. The predicted molar refractivity (Wildman–Crippen MR) is 140 cm³/mol. The number of carbonyl (C=O) groups is 1. The van der Waals surface area contributed by atoms with Gasteiger partial charge in [-0.05, 0) is 59.5 Å². The summed E-state index contributed by atoms with van der Waals surface area (Å²) in [6, 6.07) is 19.4. The number of hydrogen-bond acceptors (Lipinski definition) is 4. The van der Waals surface area contributed by atoms with Crippen LogP contribution in [-0.4, -0.2) is 24.5 Å². The highest BCUT2D eigenvalue weighted by atomic mass is 79.9. The van der Waals surface area contributed by atoms with E-state index in [1.807, 2.05) is 36.5 Å². The van der Waals surface area contributed by atoms with Crippen LogP contribution in [0.15, 0.2) is 76.9 Å². The van der Waals surface area contributed by atoms with Crippen LogP contribution in [0.25, 0.3) is 17.0 Å². The minimum absolute atomic E-state index is 0.0309. The van der Waals surface area contributed by atoms with Crippen LogP contribution in [0.3, 0.4) is 0 Å². The third-order valence-corrected chi connectivity index (χ3v) is 6.30. The highest BCUT2D eigenvalue weighted by Gasteiger charge is 2.14. The molecular formula is C28H23BrFN3O3. The van der Waals surface area contributed by atoms with E-state index in [4.69, 9.17) is 9.47 Å². The van der Waals surface area contributed by atoms with Gasteiger partial charge in [0.25, 0.3) is 5.91 Å². The normalized spacial score (nSPS) is 11.2. The summed E-state index contributed by atoms with van der Waals surface area (Å²) in [5.41, 5.74) is 3.49. The number of amides is 1. The number of nitrogens with one attached hydrogen (secondary N) is 2. The Morgan fingerprint density at radius 3 is 2.69 bits per heavy atom. The molecule has 0 aliphatic heterocycles. The number of benzene rings is 3. The molecular weight excluding hydrogens is 525 g/mol. The van der Waals surface area contributed by atoms with Crippen LogP contribution in [0, 0.1) is 17.1 Å². The van der Waals surface area contributed by atoms with E-state index in [0.717, 1.165) is 22.0 Å². The lowest BCUT2D eigenvalue weighted by atomic mass is 10.1. The molecule has 0 aliphatic rings. The lowest BCUT2D eigenvalue weighted by molar-refractivity contribution is -0.117. The molecule has 4 aromatic rings. The lowest BCUT2D eigenvalue weighted by Gasteiger charge is -2.13. The average molecular weight is 548 g/mol. The number of halogens is 2. The van der Waals surface area contributed by atoms with Gasteiger partial charge in [0, 0.05) is 28.1 Å². The van der Waals surface area contributed by atoms with Crippen molar-refractivity contribution in [3.8, 4) is 17.6 Å². The van der Waals surface area contributed by atoms with Gasteiger partial charge in [-0.1, -0.05) is 46.3 Å². The highest BCUT2D eigenvalue weighted by Crippen LogP contribution is 2.35. The van der Waals surface area contributed by atoms with Crippen molar-refractivity contribution in [1.82, 2.24) is 10.3 Å². The van der Waals surface area contributed by atoms with Crippen LogP contribution in [-0.2, 0) is 17.8 Å². The maximum Gasteiger partial charge on any atom is 0.261 e. The van der Waals surface area contributed by atoms with Gasteiger partial charge in [0.1, 0.15) is 24.1 Å². The highest BCUT2D eigenvalue weighted by molar-refractivity contribution is 9.10. The first-order valence-electron chi connectivity index (χ1n) is 11.2. The zero-order chi connectivity index (χ0) is 25.5. The molecule has 0 saturated heterocycles. The molecule has 0 bridgehead atoms. The molecule has 182 valence electrons. The molecule has 8 heteroatoms. The molecule has 4 rings (SSSR count). The number of rotatable bonds is 9. The minimum Gasteiger partial charge on any atom is -0.493 e. The van der Waals surface area contributed by atoms with Crippen molar-refractivity contribution < 1.29 is 18.7 Å². The molecule has 1 aromatic heterocycles. The third-order valence-electron chi connectivity index (χ3n) is 5.61. The third kappa shape index (κ3) is 5.93. The van der Waals surface area contributed by atoms with Crippen molar-refractivity contribution in [2.75, 3.05) is 13.7 Å². The summed E-state index contributed by atoms with van der Waals surface area (Å²) >= 11 is 3.48. The van der Waals surface area contributed by atoms with Crippen LogP contribution in [0.1, 0.15) is 16.7 Å². The van der Waals surface area contributed by atoms with Crippen LogP contribution in [0.5, 0.6) is 11.5 Å². The molecule has 2 N–H and O–H groups in total. The monoisotopic (exact) mass is 547 g/mol. The van der Waals surface area contributed by atoms with Crippen molar-refractivity contribution >= 4 is 38.8 Å². The fourth-order valence-corrected chi connectivity index (χ4v) is 4.16. The number of nitriles is 1. The Labute approximate surface area is 216 Å². The fraction of sp³-hybridized carbons (Fsp3) is 0.143. The van der Waals surface area contributed by atoms with E-state index >= 15 is 0 Å². The quantitative estimate of drug-likeness (QED) is 0.201. The van der Waals surface area contributed by atoms with Gasteiger partial charge in [0.15, 0.2) is 11.5 Å². The number of nitrogens with zero attached hydrogens (tertiary/aromatic N) is 1. The predicted octanol–water partition coefficient (Wildman–Crippen LogP) is 5.92. The zero-order valence-corrected chi connectivity index (χ0v) is 21.1. The van der Waals surface area contributed by atoms with Crippen LogP contribution < -0.4 is 14.8 Å². The number of ether oxygens (including phenoxy) is 2. The molecule has 0 spiro atoms. The Kier molecular flexibility index (Phi) is 8.03. The fourth-order valence-electron chi connectivity index (χ4n) is 3.72. The topological polar surface area (TPSA) is 87.1 Å². The number of H-pyrrole nitrogens is 1. The summed E-state index contributed by atoms with van der Waals surface area (Å²) in [6.07, 6.45) is 4.06. The number of aromatic nitrogens is 1. The largest absolute Gasteiger partial charge is 0.493 e. The Morgan fingerprint density at radius 2 is 1.94 bits per heavy atom. The van der Waals surface area contributed by atoms with E-state index in [-0.39, 0.29) is 18.0 Å². The zero-order valence-electron chi connectivity index (χ0n) is 19.5. The number of fused-ring (bicyclic) bond motifs is 1. The van der Waals surface area contributed by atoms with E-state index in [1.54, 1.807) is 24.3 Å². The van der Waals surface area contributed by atoms with Gasteiger partial charge < -0.3 is 19.8 Å². The van der Waals surface area contributed by atoms with Crippen LogP contribution >= 0.6 is 15.9 Å². The number of aromatic amines is 1. The van der Waals surface area contributed by atoms with Gasteiger partial charge in [-0.25, -0.2) is 4.39 Å². The maximum absolute atomic E-state index is 13.1. The molecule has 0 atom stereocenters. The Hall–Kier alpha value is -4.09. The van der Waals surface area contributed by atoms with Gasteiger partial charge in [-0.2, -0.15) is 5.26 Å². The van der Waals surface area contributed by atoms with Crippen LogP contribution in [0.4, 0.5) is 4.39 Å². The standard InChI is InChI=1S/C28H23BrFN3O3/c1-35-26-13-20(24(29)14-27(26)36-17-18-6-8-22(30)9-7-18)12-21(15-31)28(34)32-11-10-19-16-33-25-5-3-2-4-23(19)25/h2-9,12-14,16,33H,10-11,17H2,1H3,(H,32,34)/b21-12-. The van der Waals surface area contributed by atoms with Gasteiger partial charge in [0.2, 0.25) is 0 Å². The molecule has 0 unspecified atom stereocenters.